The zero-order chi connectivity index (χ0) is 12.3. The summed E-state index contributed by atoms with van der Waals surface area (Å²) >= 11 is 1.37. The van der Waals surface area contributed by atoms with Crippen LogP contribution in [0.25, 0.3) is 0 Å². The first kappa shape index (κ1) is 12.2. The first-order chi connectivity index (χ1) is 8.20. The fraction of sp³-hybridized carbons (Fsp3) is 0.545. The van der Waals surface area contributed by atoms with Gasteiger partial charge in [-0.3, -0.25) is 4.79 Å². The van der Waals surface area contributed by atoms with E-state index in [1.54, 1.807) is 13.1 Å². The van der Waals surface area contributed by atoms with Gasteiger partial charge in [0.2, 0.25) is 0 Å². The molecule has 6 heteroatoms. The lowest BCUT2D eigenvalue weighted by molar-refractivity contribution is 0.0968. The summed E-state index contributed by atoms with van der Waals surface area (Å²) < 4.78 is 5.51. The van der Waals surface area contributed by atoms with Crippen molar-refractivity contribution < 1.29 is 9.53 Å². The molecular weight excluding hydrogens is 238 g/mol. The number of hydrogen-bond donors (Lipinski definition) is 3. The summed E-state index contributed by atoms with van der Waals surface area (Å²) in [6.07, 6.45) is 2.50. The van der Waals surface area contributed by atoms with Crippen molar-refractivity contribution in [2.24, 2.45) is 0 Å². The van der Waals surface area contributed by atoms with Crippen LogP contribution >= 0.6 is 11.3 Å². The minimum atomic E-state index is -0.141. The molecule has 0 spiro atoms. The number of nitrogens with two attached hydrogens (primary N) is 1. The molecule has 0 aliphatic carbocycles. The van der Waals surface area contributed by atoms with Crippen LogP contribution in [0.2, 0.25) is 0 Å². The molecule has 1 fully saturated rings. The highest BCUT2D eigenvalue weighted by Crippen LogP contribution is 2.29. The minimum Gasteiger partial charge on any atom is -0.397 e. The Morgan fingerprint density at radius 3 is 3.18 bits per heavy atom. The van der Waals surface area contributed by atoms with Crippen molar-refractivity contribution >= 4 is 27.9 Å². The van der Waals surface area contributed by atoms with Crippen molar-refractivity contribution in [2.75, 3.05) is 31.2 Å². The van der Waals surface area contributed by atoms with Crippen LogP contribution in [0.4, 0.5) is 10.7 Å². The summed E-state index contributed by atoms with van der Waals surface area (Å²) in [6.45, 7) is 1.62. The van der Waals surface area contributed by atoms with Gasteiger partial charge in [0, 0.05) is 20.2 Å². The first-order valence-corrected chi connectivity index (χ1v) is 6.49. The highest BCUT2D eigenvalue weighted by Gasteiger charge is 2.17. The number of ether oxygens (including phenoxy) is 1. The number of amides is 1. The van der Waals surface area contributed by atoms with Gasteiger partial charge in [0.15, 0.2) is 0 Å². The molecule has 1 aromatic rings. The fourth-order valence-electron chi connectivity index (χ4n) is 1.80. The van der Waals surface area contributed by atoms with Gasteiger partial charge in [-0.2, -0.15) is 0 Å². The molecule has 2 heterocycles. The van der Waals surface area contributed by atoms with Crippen LogP contribution in [-0.4, -0.2) is 32.2 Å². The van der Waals surface area contributed by atoms with Crippen LogP contribution in [0, 0.1) is 0 Å². The van der Waals surface area contributed by atoms with Crippen LogP contribution in [0.1, 0.15) is 22.5 Å². The molecule has 5 nitrogen and oxygen atoms in total. The van der Waals surface area contributed by atoms with E-state index in [4.69, 9.17) is 10.5 Å². The van der Waals surface area contributed by atoms with Gasteiger partial charge >= 0.3 is 0 Å². The molecular formula is C11H17N3O2S. The number of nitrogen functional groups attached to an aromatic ring is 1. The predicted octanol–water partition coefficient (Wildman–Crippen LogP) is 1.28. The smallest absolute Gasteiger partial charge is 0.263 e. The fourth-order valence-corrected chi connectivity index (χ4v) is 2.74. The zero-order valence-corrected chi connectivity index (χ0v) is 10.6. The van der Waals surface area contributed by atoms with Gasteiger partial charge in [-0.25, -0.2) is 0 Å². The average molecular weight is 255 g/mol. The van der Waals surface area contributed by atoms with E-state index >= 15 is 0 Å². The van der Waals surface area contributed by atoms with E-state index in [1.165, 1.54) is 11.3 Å². The molecule has 94 valence electrons. The Kier molecular flexibility index (Phi) is 3.86. The second kappa shape index (κ2) is 5.37. The lowest BCUT2D eigenvalue weighted by Crippen LogP contribution is -2.18. The summed E-state index contributed by atoms with van der Waals surface area (Å²) in [4.78, 5) is 12.0. The van der Waals surface area contributed by atoms with E-state index in [0.717, 1.165) is 31.0 Å². The average Bonchev–Trinajstić information content (AvgIpc) is 2.94. The third kappa shape index (κ3) is 2.89. The Hall–Kier alpha value is -1.27. The summed E-state index contributed by atoms with van der Waals surface area (Å²) in [5.74, 6) is -0.141. The standard InChI is InChI=1S/C11H17N3O2S/c1-13-11(15)10-8(12)5-9(17-10)14-6-7-3-2-4-16-7/h5,7,14H,2-4,6,12H2,1H3,(H,13,15). The van der Waals surface area contributed by atoms with Crippen molar-refractivity contribution in [3.63, 3.8) is 0 Å². The van der Waals surface area contributed by atoms with Gasteiger partial charge in [0.1, 0.15) is 4.88 Å². The Bertz CT molecular complexity index is 399. The van der Waals surface area contributed by atoms with Crippen LogP contribution in [0.15, 0.2) is 6.07 Å². The summed E-state index contributed by atoms with van der Waals surface area (Å²) in [5.41, 5.74) is 6.30. The summed E-state index contributed by atoms with van der Waals surface area (Å²) in [5, 5.41) is 6.75. The largest absolute Gasteiger partial charge is 0.397 e. The molecule has 0 radical (unpaired) electrons. The maximum Gasteiger partial charge on any atom is 0.263 e. The van der Waals surface area contributed by atoms with Gasteiger partial charge in [-0.1, -0.05) is 0 Å². The lowest BCUT2D eigenvalue weighted by atomic mass is 10.2. The molecule has 2 rings (SSSR count). The van der Waals surface area contributed by atoms with E-state index in [0.29, 0.717) is 10.6 Å². The Morgan fingerprint density at radius 1 is 1.71 bits per heavy atom. The van der Waals surface area contributed by atoms with E-state index in [9.17, 15) is 4.79 Å². The number of hydrogen-bond acceptors (Lipinski definition) is 5. The topological polar surface area (TPSA) is 76.4 Å². The van der Waals surface area contributed by atoms with Crippen LogP contribution < -0.4 is 16.4 Å². The van der Waals surface area contributed by atoms with Crippen molar-refractivity contribution in [1.82, 2.24) is 5.32 Å². The number of rotatable bonds is 4. The van der Waals surface area contributed by atoms with Crippen molar-refractivity contribution in [2.45, 2.75) is 18.9 Å². The van der Waals surface area contributed by atoms with E-state index < -0.39 is 0 Å². The first-order valence-electron chi connectivity index (χ1n) is 5.67. The van der Waals surface area contributed by atoms with Gasteiger partial charge in [-0.05, 0) is 18.9 Å². The summed E-state index contributed by atoms with van der Waals surface area (Å²) in [6, 6.07) is 1.80. The Balaban J connectivity index is 1.94. The highest BCUT2D eigenvalue weighted by molar-refractivity contribution is 7.18. The normalized spacial score (nSPS) is 19.2. The molecule has 1 aromatic heterocycles. The van der Waals surface area contributed by atoms with E-state index in [2.05, 4.69) is 10.6 Å². The molecule has 0 saturated carbocycles. The third-order valence-electron chi connectivity index (χ3n) is 2.72. The molecule has 4 N–H and O–H groups in total. The molecule has 0 bridgehead atoms. The van der Waals surface area contributed by atoms with Crippen molar-refractivity contribution in [1.29, 1.82) is 0 Å². The van der Waals surface area contributed by atoms with Gasteiger partial charge in [-0.15, -0.1) is 11.3 Å². The quantitative estimate of drug-likeness (QED) is 0.757. The molecule has 1 aliphatic rings. The minimum absolute atomic E-state index is 0.141. The van der Waals surface area contributed by atoms with Crippen LogP contribution in [0.3, 0.4) is 0 Å². The molecule has 1 unspecified atom stereocenters. The molecule has 17 heavy (non-hydrogen) atoms. The van der Waals surface area contributed by atoms with Gasteiger partial charge < -0.3 is 21.1 Å². The Morgan fingerprint density at radius 2 is 2.53 bits per heavy atom. The maximum absolute atomic E-state index is 11.5. The van der Waals surface area contributed by atoms with E-state index in [1.807, 2.05) is 0 Å². The zero-order valence-electron chi connectivity index (χ0n) is 9.79. The molecule has 1 amide bonds. The number of thiophene rings is 1. The highest BCUT2D eigenvalue weighted by atomic mass is 32.1. The van der Waals surface area contributed by atoms with E-state index in [-0.39, 0.29) is 12.0 Å². The van der Waals surface area contributed by atoms with Crippen LogP contribution in [0.5, 0.6) is 0 Å². The van der Waals surface area contributed by atoms with Crippen molar-refractivity contribution in [3.8, 4) is 0 Å². The number of nitrogens with one attached hydrogen (secondary N) is 2. The Labute approximate surface area is 104 Å². The van der Waals surface area contributed by atoms with Gasteiger partial charge in [0.05, 0.1) is 16.8 Å². The lowest BCUT2D eigenvalue weighted by Gasteiger charge is -2.09. The second-order valence-electron chi connectivity index (χ2n) is 3.99. The van der Waals surface area contributed by atoms with Crippen molar-refractivity contribution in [3.05, 3.63) is 10.9 Å². The maximum atomic E-state index is 11.5. The summed E-state index contributed by atoms with van der Waals surface area (Å²) in [7, 11) is 1.60. The second-order valence-corrected chi connectivity index (χ2v) is 5.04. The predicted molar refractivity (Wildman–Crippen MR) is 69.6 cm³/mol. The molecule has 1 atom stereocenters. The molecule has 0 aromatic carbocycles. The van der Waals surface area contributed by atoms with Gasteiger partial charge in [0.25, 0.3) is 5.91 Å². The SMILES string of the molecule is CNC(=O)c1sc(NCC2CCCO2)cc1N. The number of anilines is 2. The number of carbonyl (C=O) groups is 1. The van der Waals surface area contributed by atoms with Crippen LogP contribution in [-0.2, 0) is 4.74 Å². The number of carbonyl (C=O) groups excluding carboxylic acids is 1. The monoisotopic (exact) mass is 255 g/mol. The molecule has 1 saturated heterocycles. The third-order valence-corrected chi connectivity index (χ3v) is 3.83. The molecule has 1 aliphatic heterocycles.